The van der Waals surface area contributed by atoms with Crippen molar-refractivity contribution >= 4 is 21.6 Å². The third kappa shape index (κ3) is 3.28. The van der Waals surface area contributed by atoms with Crippen LogP contribution >= 0.6 is 11.6 Å². The molecule has 1 fully saturated rings. The maximum Gasteiger partial charge on any atom is 0.246 e. The van der Waals surface area contributed by atoms with Crippen LogP contribution in [0.15, 0.2) is 17.3 Å². The molecule has 0 saturated carbocycles. The molecule has 6 nitrogen and oxygen atoms in total. The van der Waals surface area contributed by atoms with Gasteiger partial charge in [0.25, 0.3) is 0 Å². The summed E-state index contributed by atoms with van der Waals surface area (Å²) in [5.74, 6) is 0.413. The summed E-state index contributed by atoms with van der Waals surface area (Å²) in [7, 11) is -3.41. The Balaban J connectivity index is 2.09. The molecule has 0 amide bonds. The standard InChI is InChI=1S/C11H19ClN4O2S/c1-2-14-5-7-16(8-6-14)19(17,18)11-9-13-15(10-11)4-3-12/h9-10H,2-8H2,1H3. The molecule has 0 N–H and O–H groups in total. The maximum absolute atomic E-state index is 12.4. The summed E-state index contributed by atoms with van der Waals surface area (Å²) in [6.07, 6.45) is 2.94. The first kappa shape index (κ1) is 14.8. The van der Waals surface area contributed by atoms with Gasteiger partial charge in [0.1, 0.15) is 4.90 Å². The first-order valence-corrected chi connectivity index (χ1v) is 8.36. The van der Waals surface area contributed by atoms with E-state index in [0.717, 1.165) is 19.6 Å². The number of hydrogen-bond donors (Lipinski definition) is 0. The van der Waals surface area contributed by atoms with Gasteiger partial charge in [0.05, 0.1) is 12.7 Å². The van der Waals surface area contributed by atoms with Gasteiger partial charge in [-0.2, -0.15) is 9.40 Å². The van der Waals surface area contributed by atoms with Gasteiger partial charge in [-0.15, -0.1) is 11.6 Å². The lowest BCUT2D eigenvalue weighted by atomic mass is 10.4. The summed E-state index contributed by atoms with van der Waals surface area (Å²) in [6, 6.07) is 0. The number of sulfonamides is 1. The molecule has 0 spiro atoms. The molecule has 2 rings (SSSR count). The molecule has 0 radical (unpaired) electrons. The van der Waals surface area contributed by atoms with E-state index in [2.05, 4.69) is 16.9 Å². The van der Waals surface area contributed by atoms with Gasteiger partial charge in [0.15, 0.2) is 0 Å². The average molecular weight is 307 g/mol. The van der Waals surface area contributed by atoms with Gasteiger partial charge in [-0.25, -0.2) is 8.42 Å². The van der Waals surface area contributed by atoms with Crippen LogP contribution in [0.3, 0.4) is 0 Å². The Bertz CT molecular complexity index is 509. The zero-order valence-corrected chi connectivity index (χ0v) is 12.6. The first-order chi connectivity index (χ1) is 9.07. The van der Waals surface area contributed by atoms with Crippen LogP contribution in [0.1, 0.15) is 6.92 Å². The van der Waals surface area contributed by atoms with Crippen molar-refractivity contribution in [2.24, 2.45) is 0 Å². The minimum Gasteiger partial charge on any atom is -0.301 e. The number of aryl methyl sites for hydroxylation is 1. The first-order valence-electron chi connectivity index (χ1n) is 6.39. The van der Waals surface area contributed by atoms with E-state index >= 15 is 0 Å². The van der Waals surface area contributed by atoms with Crippen LogP contribution in [0.2, 0.25) is 0 Å². The van der Waals surface area contributed by atoms with Crippen molar-refractivity contribution in [3.05, 3.63) is 12.4 Å². The zero-order chi connectivity index (χ0) is 13.9. The Morgan fingerprint density at radius 1 is 1.32 bits per heavy atom. The number of halogens is 1. The van der Waals surface area contributed by atoms with Crippen molar-refractivity contribution in [2.45, 2.75) is 18.4 Å². The monoisotopic (exact) mass is 306 g/mol. The molecule has 0 atom stereocenters. The number of hydrogen-bond acceptors (Lipinski definition) is 4. The minimum atomic E-state index is -3.41. The Morgan fingerprint density at radius 3 is 2.58 bits per heavy atom. The van der Waals surface area contributed by atoms with Crippen LogP contribution in [0.4, 0.5) is 0 Å². The molecule has 19 heavy (non-hydrogen) atoms. The van der Waals surface area contributed by atoms with E-state index in [1.807, 2.05) is 0 Å². The summed E-state index contributed by atoms with van der Waals surface area (Å²) in [5, 5.41) is 4.01. The SMILES string of the molecule is CCN1CCN(S(=O)(=O)c2cnn(CCCl)c2)CC1. The van der Waals surface area contributed by atoms with Crippen LogP contribution in [0.25, 0.3) is 0 Å². The van der Waals surface area contributed by atoms with Gasteiger partial charge in [-0.1, -0.05) is 6.92 Å². The molecule has 0 aromatic carbocycles. The van der Waals surface area contributed by atoms with Gasteiger partial charge in [-0.3, -0.25) is 4.68 Å². The highest BCUT2D eigenvalue weighted by Gasteiger charge is 2.28. The van der Waals surface area contributed by atoms with Gasteiger partial charge < -0.3 is 4.90 Å². The van der Waals surface area contributed by atoms with Crippen molar-refractivity contribution in [3.8, 4) is 0 Å². The maximum atomic E-state index is 12.4. The van der Waals surface area contributed by atoms with E-state index in [1.165, 1.54) is 10.5 Å². The zero-order valence-electron chi connectivity index (χ0n) is 11.0. The van der Waals surface area contributed by atoms with Crippen LogP contribution < -0.4 is 0 Å². The minimum absolute atomic E-state index is 0.252. The number of alkyl halides is 1. The molecule has 1 aliphatic heterocycles. The highest BCUT2D eigenvalue weighted by Crippen LogP contribution is 2.16. The second-order valence-corrected chi connectivity index (χ2v) is 6.78. The third-order valence-corrected chi connectivity index (χ3v) is 5.36. The predicted molar refractivity (Wildman–Crippen MR) is 73.8 cm³/mol. The molecule has 1 aromatic heterocycles. The third-order valence-electron chi connectivity index (χ3n) is 3.34. The molecule has 0 bridgehead atoms. The summed E-state index contributed by atoms with van der Waals surface area (Å²) in [6.45, 7) is 6.20. The lowest BCUT2D eigenvalue weighted by Crippen LogP contribution is -2.48. The molecule has 1 aromatic rings. The molecular formula is C11H19ClN4O2S. The van der Waals surface area contributed by atoms with Gasteiger partial charge in [0, 0.05) is 38.3 Å². The van der Waals surface area contributed by atoms with Gasteiger partial charge in [0.2, 0.25) is 10.0 Å². The fourth-order valence-electron chi connectivity index (χ4n) is 2.12. The van der Waals surface area contributed by atoms with Crippen LogP contribution in [0, 0.1) is 0 Å². The number of aromatic nitrogens is 2. The average Bonchev–Trinajstić information content (AvgIpc) is 2.89. The molecular weight excluding hydrogens is 288 g/mol. The van der Waals surface area contributed by atoms with Crippen molar-refractivity contribution < 1.29 is 8.42 Å². The summed E-state index contributed by atoms with van der Waals surface area (Å²) in [4.78, 5) is 2.49. The number of likely N-dealkylation sites (N-methyl/N-ethyl adjacent to an activating group) is 1. The largest absolute Gasteiger partial charge is 0.301 e. The van der Waals surface area contributed by atoms with Gasteiger partial charge in [-0.05, 0) is 6.54 Å². The smallest absolute Gasteiger partial charge is 0.246 e. The number of rotatable bonds is 5. The Hall–Kier alpha value is -0.630. The second-order valence-electron chi connectivity index (χ2n) is 4.47. The number of piperazine rings is 1. The molecule has 1 aliphatic rings. The Morgan fingerprint density at radius 2 is 2.00 bits per heavy atom. The fourth-order valence-corrected chi connectivity index (χ4v) is 3.67. The molecule has 1 saturated heterocycles. The van der Waals surface area contributed by atoms with E-state index < -0.39 is 10.0 Å². The molecule has 0 aliphatic carbocycles. The number of nitrogens with zero attached hydrogens (tertiary/aromatic N) is 4. The van der Waals surface area contributed by atoms with Crippen LogP contribution in [-0.2, 0) is 16.6 Å². The van der Waals surface area contributed by atoms with Crippen LogP contribution in [-0.4, -0.2) is 66.0 Å². The van der Waals surface area contributed by atoms with E-state index in [0.29, 0.717) is 25.5 Å². The second kappa shape index (κ2) is 6.21. The van der Waals surface area contributed by atoms with Crippen molar-refractivity contribution in [2.75, 3.05) is 38.6 Å². The van der Waals surface area contributed by atoms with Crippen molar-refractivity contribution in [1.82, 2.24) is 19.0 Å². The quantitative estimate of drug-likeness (QED) is 0.741. The van der Waals surface area contributed by atoms with E-state index in [1.54, 1.807) is 10.9 Å². The van der Waals surface area contributed by atoms with Crippen molar-refractivity contribution in [1.29, 1.82) is 0 Å². The van der Waals surface area contributed by atoms with Crippen molar-refractivity contribution in [3.63, 3.8) is 0 Å². The predicted octanol–water partition coefficient (Wildman–Crippen LogP) is 0.448. The lowest BCUT2D eigenvalue weighted by Gasteiger charge is -2.32. The summed E-state index contributed by atoms with van der Waals surface area (Å²) < 4.78 is 27.9. The highest BCUT2D eigenvalue weighted by molar-refractivity contribution is 7.89. The summed E-state index contributed by atoms with van der Waals surface area (Å²) >= 11 is 5.61. The van der Waals surface area contributed by atoms with E-state index in [9.17, 15) is 8.42 Å². The Kier molecular flexibility index (Phi) is 4.83. The molecule has 0 unspecified atom stereocenters. The van der Waals surface area contributed by atoms with Gasteiger partial charge >= 0.3 is 0 Å². The van der Waals surface area contributed by atoms with Crippen LogP contribution in [0.5, 0.6) is 0 Å². The molecule has 8 heteroatoms. The summed E-state index contributed by atoms with van der Waals surface area (Å²) in [5.41, 5.74) is 0. The molecule has 108 valence electrons. The fraction of sp³-hybridized carbons (Fsp3) is 0.727. The Labute approximate surface area is 119 Å². The van der Waals surface area contributed by atoms with E-state index in [-0.39, 0.29) is 4.90 Å². The lowest BCUT2D eigenvalue weighted by molar-refractivity contribution is 0.196. The highest BCUT2D eigenvalue weighted by atomic mass is 35.5. The normalized spacial score (nSPS) is 18.8. The van der Waals surface area contributed by atoms with E-state index in [4.69, 9.17) is 11.6 Å². The molecule has 2 heterocycles. The topological polar surface area (TPSA) is 58.4 Å².